The van der Waals surface area contributed by atoms with Gasteiger partial charge in [-0.25, -0.2) is 0 Å². The molecule has 1 heterocycles. The number of nitrogens with zero attached hydrogens (tertiary/aromatic N) is 1. The van der Waals surface area contributed by atoms with Crippen molar-refractivity contribution in [2.24, 2.45) is 0 Å². The fourth-order valence-corrected chi connectivity index (χ4v) is 2.28. The van der Waals surface area contributed by atoms with E-state index in [1.807, 2.05) is 24.3 Å². The highest BCUT2D eigenvalue weighted by atomic mass is 79.9. The molecule has 0 atom stereocenters. The van der Waals surface area contributed by atoms with E-state index in [-0.39, 0.29) is 11.3 Å². The van der Waals surface area contributed by atoms with Gasteiger partial charge in [0.25, 0.3) is 5.91 Å². The molecule has 0 spiro atoms. The number of hydrogen-bond donors (Lipinski definition) is 3. The number of rotatable bonds is 2. The molecule has 0 bridgehead atoms. The highest BCUT2D eigenvalue weighted by molar-refractivity contribution is 9.10. The summed E-state index contributed by atoms with van der Waals surface area (Å²) in [5, 5.41) is 20.2. The zero-order chi connectivity index (χ0) is 14.1. The molecule has 1 amide bonds. The summed E-state index contributed by atoms with van der Waals surface area (Å²) in [7, 11) is 0. The molecular formula is C14H10BrN3O2. The van der Waals surface area contributed by atoms with Crippen LogP contribution in [0.15, 0.2) is 46.9 Å². The number of aromatic amines is 1. The van der Waals surface area contributed by atoms with Crippen molar-refractivity contribution in [2.75, 3.05) is 5.32 Å². The topological polar surface area (TPSA) is 78.0 Å². The third kappa shape index (κ3) is 2.25. The molecule has 3 N–H and O–H groups in total. The third-order valence-electron chi connectivity index (χ3n) is 2.91. The number of H-pyrrole nitrogens is 1. The van der Waals surface area contributed by atoms with Gasteiger partial charge in [0.1, 0.15) is 5.75 Å². The summed E-state index contributed by atoms with van der Waals surface area (Å²) in [4.78, 5) is 12.1. The van der Waals surface area contributed by atoms with Crippen molar-refractivity contribution < 1.29 is 9.90 Å². The van der Waals surface area contributed by atoms with Gasteiger partial charge >= 0.3 is 0 Å². The largest absolute Gasteiger partial charge is 0.507 e. The number of phenolic OH excluding ortho intramolecular Hbond substituents is 1. The summed E-state index contributed by atoms with van der Waals surface area (Å²) < 4.78 is 0.705. The number of phenols is 1. The summed E-state index contributed by atoms with van der Waals surface area (Å²) in [6, 6.07) is 12.2. The molecule has 5 nitrogen and oxygen atoms in total. The Labute approximate surface area is 122 Å². The first-order valence-corrected chi connectivity index (χ1v) is 6.67. The molecule has 3 rings (SSSR count). The van der Waals surface area contributed by atoms with Crippen molar-refractivity contribution in [1.82, 2.24) is 10.2 Å². The van der Waals surface area contributed by atoms with Crippen molar-refractivity contribution in [3.05, 3.63) is 52.5 Å². The maximum Gasteiger partial charge on any atom is 0.260 e. The van der Waals surface area contributed by atoms with Gasteiger partial charge in [-0.1, -0.05) is 28.1 Å². The van der Waals surface area contributed by atoms with E-state index in [9.17, 15) is 9.90 Å². The molecule has 0 radical (unpaired) electrons. The number of aromatic nitrogens is 2. The lowest BCUT2D eigenvalue weighted by Gasteiger charge is -2.05. The summed E-state index contributed by atoms with van der Waals surface area (Å²) in [5.74, 6) is -0.0584. The van der Waals surface area contributed by atoms with Crippen LogP contribution in [0.1, 0.15) is 10.4 Å². The molecular weight excluding hydrogens is 322 g/mol. The van der Waals surface area contributed by atoms with E-state index in [1.165, 1.54) is 6.07 Å². The molecule has 0 aliphatic rings. The van der Waals surface area contributed by atoms with E-state index in [4.69, 9.17) is 0 Å². The number of hydrogen-bond acceptors (Lipinski definition) is 3. The highest BCUT2D eigenvalue weighted by Gasteiger charge is 2.14. The number of carbonyl (C=O) groups is 1. The quantitative estimate of drug-likeness (QED) is 0.674. The third-order valence-corrected chi connectivity index (χ3v) is 3.40. The molecule has 0 fully saturated rings. The van der Waals surface area contributed by atoms with E-state index in [1.54, 1.807) is 12.1 Å². The standard InChI is InChI=1S/C14H10BrN3O2/c15-8-5-6-10(12(19)7-8)14(20)16-13-9-3-1-2-4-11(9)17-18-13/h1-7,19H,(H2,16,17,18,20). The van der Waals surface area contributed by atoms with Crippen molar-refractivity contribution in [2.45, 2.75) is 0 Å². The molecule has 0 saturated heterocycles. The van der Waals surface area contributed by atoms with Gasteiger partial charge < -0.3 is 10.4 Å². The predicted molar refractivity (Wildman–Crippen MR) is 79.9 cm³/mol. The van der Waals surface area contributed by atoms with Crippen molar-refractivity contribution in [3.8, 4) is 5.75 Å². The van der Waals surface area contributed by atoms with E-state index >= 15 is 0 Å². The Balaban J connectivity index is 1.92. The van der Waals surface area contributed by atoms with Crippen LogP contribution >= 0.6 is 15.9 Å². The fourth-order valence-electron chi connectivity index (χ4n) is 1.93. The van der Waals surface area contributed by atoms with Gasteiger partial charge in [-0.3, -0.25) is 9.89 Å². The summed E-state index contributed by atoms with van der Waals surface area (Å²) in [6.45, 7) is 0. The minimum absolute atomic E-state index is 0.0864. The second kappa shape index (κ2) is 4.97. The van der Waals surface area contributed by atoms with Gasteiger partial charge in [-0.15, -0.1) is 0 Å². The molecule has 0 unspecified atom stereocenters. The molecule has 100 valence electrons. The Kier molecular flexibility index (Phi) is 3.15. The molecule has 0 saturated carbocycles. The van der Waals surface area contributed by atoms with Crippen LogP contribution in [0.25, 0.3) is 10.9 Å². The van der Waals surface area contributed by atoms with Crippen LogP contribution in [-0.2, 0) is 0 Å². The molecule has 3 aromatic rings. The SMILES string of the molecule is O=C(Nc1n[nH]c2ccccc12)c1ccc(Br)cc1O. The van der Waals surface area contributed by atoms with Crippen molar-refractivity contribution in [1.29, 1.82) is 0 Å². The maximum absolute atomic E-state index is 12.1. The van der Waals surface area contributed by atoms with Gasteiger partial charge in [-0.05, 0) is 30.3 Å². The first-order chi connectivity index (χ1) is 9.65. The van der Waals surface area contributed by atoms with Crippen LogP contribution < -0.4 is 5.32 Å². The monoisotopic (exact) mass is 331 g/mol. The lowest BCUT2D eigenvalue weighted by Crippen LogP contribution is -2.12. The van der Waals surface area contributed by atoms with Gasteiger partial charge in [-0.2, -0.15) is 5.10 Å². The van der Waals surface area contributed by atoms with Gasteiger partial charge in [0.05, 0.1) is 11.1 Å². The Morgan fingerprint density at radius 3 is 2.85 bits per heavy atom. The number of anilines is 1. The number of halogens is 1. The van der Waals surface area contributed by atoms with Crippen LogP contribution in [0.2, 0.25) is 0 Å². The van der Waals surface area contributed by atoms with Crippen LogP contribution in [-0.4, -0.2) is 21.2 Å². The minimum atomic E-state index is -0.410. The summed E-state index contributed by atoms with van der Waals surface area (Å²) in [5.41, 5.74) is 1.03. The van der Waals surface area contributed by atoms with E-state index < -0.39 is 5.91 Å². The number of para-hydroxylation sites is 1. The predicted octanol–water partition coefficient (Wildman–Crippen LogP) is 3.28. The molecule has 6 heteroatoms. The zero-order valence-electron chi connectivity index (χ0n) is 10.2. The Morgan fingerprint density at radius 2 is 2.05 bits per heavy atom. The summed E-state index contributed by atoms with van der Waals surface area (Å²) >= 11 is 3.23. The average Bonchev–Trinajstić information content (AvgIpc) is 2.82. The smallest absolute Gasteiger partial charge is 0.260 e. The number of nitrogens with one attached hydrogen (secondary N) is 2. The number of fused-ring (bicyclic) bond motifs is 1. The Morgan fingerprint density at radius 1 is 1.25 bits per heavy atom. The van der Waals surface area contributed by atoms with Gasteiger partial charge in [0.2, 0.25) is 0 Å². The molecule has 20 heavy (non-hydrogen) atoms. The first kappa shape index (κ1) is 12.7. The lowest BCUT2D eigenvalue weighted by molar-refractivity contribution is 0.102. The number of benzene rings is 2. The van der Waals surface area contributed by atoms with Gasteiger partial charge in [0.15, 0.2) is 5.82 Å². The number of amides is 1. The van der Waals surface area contributed by atoms with E-state index in [2.05, 4.69) is 31.4 Å². The van der Waals surface area contributed by atoms with Crippen LogP contribution in [0.5, 0.6) is 5.75 Å². The summed E-state index contributed by atoms with van der Waals surface area (Å²) in [6.07, 6.45) is 0. The normalized spacial score (nSPS) is 10.7. The molecule has 0 aliphatic heterocycles. The first-order valence-electron chi connectivity index (χ1n) is 5.88. The van der Waals surface area contributed by atoms with Gasteiger partial charge in [0, 0.05) is 9.86 Å². The minimum Gasteiger partial charge on any atom is -0.507 e. The van der Waals surface area contributed by atoms with Crippen LogP contribution in [0.3, 0.4) is 0 Å². The molecule has 0 aliphatic carbocycles. The molecule has 1 aromatic heterocycles. The lowest BCUT2D eigenvalue weighted by atomic mass is 10.2. The van der Waals surface area contributed by atoms with Crippen molar-refractivity contribution in [3.63, 3.8) is 0 Å². The average molecular weight is 332 g/mol. The van der Waals surface area contributed by atoms with Crippen molar-refractivity contribution >= 4 is 38.6 Å². The number of carbonyl (C=O) groups excluding carboxylic acids is 1. The zero-order valence-corrected chi connectivity index (χ0v) is 11.8. The fraction of sp³-hybridized carbons (Fsp3) is 0. The Bertz CT molecular complexity index is 798. The second-order valence-electron chi connectivity index (χ2n) is 4.23. The maximum atomic E-state index is 12.1. The van der Waals surface area contributed by atoms with E-state index in [0.717, 1.165) is 10.9 Å². The molecule has 2 aromatic carbocycles. The van der Waals surface area contributed by atoms with Crippen LogP contribution in [0.4, 0.5) is 5.82 Å². The van der Waals surface area contributed by atoms with Crippen LogP contribution in [0, 0.1) is 0 Å². The highest BCUT2D eigenvalue weighted by Crippen LogP contribution is 2.25. The Hall–Kier alpha value is -2.34. The number of aromatic hydroxyl groups is 1. The second-order valence-corrected chi connectivity index (χ2v) is 5.15. The van der Waals surface area contributed by atoms with E-state index in [0.29, 0.717) is 10.3 Å².